The Balaban J connectivity index is 1.49. The molecule has 0 bridgehead atoms. The Labute approximate surface area is 247 Å². The number of halogens is 1. The highest BCUT2D eigenvalue weighted by Crippen LogP contribution is 2.27. The summed E-state index contributed by atoms with van der Waals surface area (Å²) < 4.78 is 26.4. The molecule has 2 atom stereocenters. The van der Waals surface area contributed by atoms with Crippen molar-refractivity contribution in [1.82, 2.24) is 25.0 Å². The van der Waals surface area contributed by atoms with E-state index >= 15 is 0 Å². The van der Waals surface area contributed by atoms with Crippen LogP contribution in [0.4, 0.5) is 4.39 Å². The number of para-hydroxylation sites is 1. The van der Waals surface area contributed by atoms with Crippen LogP contribution >= 0.6 is 0 Å². The molecule has 1 N–H and O–H groups in total. The lowest BCUT2D eigenvalue weighted by molar-refractivity contribution is -0.145. The topological polar surface area (TPSA) is 108 Å². The van der Waals surface area contributed by atoms with Crippen molar-refractivity contribution in [2.75, 3.05) is 39.8 Å². The highest BCUT2D eigenvalue weighted by molar-refractivity contribution is 6.00. The number of nitrogens with one attached hydrogen (secondary N) is 1. The van der Waals surface area contributed by atoms with Crippen LogP contribution in [0.5, 0.6) is 5.75 Å². The molecule has 3 amide bonds. The number of hydrogen-bond acceptors (Lipinski definition) is 7. The third-order valence-corrected chi connectivity index (χ3v) is 7.79. The molecule has 0 saturated carbocycles. The summed E-state index contributed by atoms with van der Waals surface area (Å²) in [7, 11) is 2.03. The Bertz CT molecular complexity index is 1260. The van der Waals surface area contributed by atoms with Crippen molar-refractivity contribution >= 4 is 17.7 Å². The first kappa shape index (κ1) is 31.5. The molecule has 10 nitrogen and oxygen atoms in total. The second-order valence-corrected chi connectivity index (χ2v) is 12.7. The second-order valence-electron chi connectivity index (χ2n) is 12.7. The summed E-state index contributed by atoms with van der Waals surface area (Å²) in [6.45, 7) is 13.0. The van der Waals surface area contributed by atoms with Crippen LogP contribution in [0.25, 0.3) is 0 Å². The van der Waals surface area contributed by atoms with Crippen LogP contribution in [0.15, 0.2) is 28.8 Å². The highest BCUT2D eigenvalue weighted by Gasteiger charge is 2.40. The summed E-state index contributed by atoms with van der Waals surface area (Å²) in [6, 6.07) is 2.66. The number of piperazine rings is 1. The Kier molecular flexibility index (Phi) is 9.91. The number of oxazole rings is 1. The van der Waals surface area contributed by atoms with Gasteiger partial charge in [0.25, 0.3) is 5.91 Å². The number of likely N-dealkylation sites (N-methyl/N-ethyl adjacent to an activating group) is 1. The van der Waals surface area contributed by atoms with Gasteiger partial charge in [0.05, 0.1) is 11.8 Å². The first-order valence-electron chi connectivity index (χ1n) is 14.8. The largest absolute Gasteiger partial charge is 0.480 e. The van der Waals surface area contributed by atoms with Crippen LogP contribution in [0.1, 0.15) is 75.9 Å². The number of aromatic nitrogens is 1. The van der Waals surface area contributed by atoms with Crippen molar-refractivity contribution in [3.8, 4) is 5.75 Å². The first-order chi connectivity index (χ1) is 19.8. The molecule has 0 spiro atoms. The van der Waals surface area contributed by atoms with Crippen LogP contribution in [-0.4, -0.2) is 89.3 Å². The maximum Gasteiger partial charge on any atom is 0.255 e. The van der Waals surface area contributed by atoms with E-state index in [1.165, 1.54) is 18.2 Å². The lowest BCUT2D eigenvalue weighted by Gasteiger charge is -2.36. The average Bonchev–Trinajstić information content (AvgIpc) is 3.61. The minimum absolute atomic E-state index is 0.0364. The van der Waals surface area contributed by atoms with Gasteiger partial charge in [0, 0.05) is 38.1 Å². The Hall–Kier alpha value is -3.47. The van der Waals surface area contributed by atoms with Gasteiger partial charge >= 0.3 is 0 Å². The van der Waals surface area contributed by atoms with E-state index in [-0.39, 0.29) is 47.0 Å². The first-order valence-corrected chi connectivity index (χ1v) is 14.8. The quantitative estimate of drug-likeness (QED) is 0.479. The molecule has 42 heavy (non-hydrogen) atoms. The Morgan fingerprint density at radius 1 is 1.14 bits per heavy atom. The van der Waals surface area contributed by atoms with Crippen molar-refractivity contribution in [1.29, 1.82) is 0 Å². The fourth-order valence-corrected chi connectivity index (χ4v) is 5.35. The lowest BCUT2D eigenvalue weighted by atomic mass is 9.94. The third-order valence-electron chi connectivity index (χ3n) is 7.79. The number of amides is 3. The van der Waals surface area contributed by atoms with Gasteiger partial charge in [-0.2, -0.15) is 0 Å². The molecular formula is C31H44FN5O5. The van der Waals surface area contributed by atoms with E-state index in [0.717, 1.165) is 19.5 Å². The number of carbonyl (C=O) groups is 3. The van der Waals surface area contributed by atoms with Gasteiger partial charge in [0.1, 0.15) is 17.8 Å². The zero-order valence-electron chi connectivity index (χ0n) is 25.6. The van der Waals surface area contributed by atoms with Gasteiger partial charge in [-0.1, -0.05) is 40.7 Å². The molecule has 230 valence electrons. The molecule has 0 radical (unpaired) electrons. The molecule has 1 aromatic carbocycles. The van der Waals surface area contributed by atoms with Crippen LogP contribution in [0.3, 0.4) is 0 Å². The fourth-order valence-electron chi connectivity index (χ4n) is 5.35. The van der Waals surface area contributed by atoms with Crippen molar-refractivity contribution in [2.45, 2.75) is 78.0 Å². The van der Waals surface area contributed by atoms with Gasteiger partial charge in [-0.15, -0.1) is 0 Å². The molecule has 2 aromatic rings. The molecule has 3 heterocycles. The van der Waals surface area contributed by atoms with Crippen molar-refractivity contribution in [3.05, 3.63) is 47.4 Å². The van der Waals surface area contributed by atoms with Gasteiger partial charge in [0.2, 0.25) is 17.7 Å². The van der Waals surface area contributed by atoms with Gasteiger partial charge in [-0.25, -0.2) is 9.37 Å². The molecule has 11 heteroatoms. The average molecular weight is 586 g/mol. The van der Waals surface area contributed by atoms with E-state index in [1.807, 2.05) is 46.6 Å². The number of rotatable bonds is 9. The fraction of sp³-hybridized carbons (Fsp3) is 0.613. The zero-order valence-corrected chi connectivity index (χ0v) is 25.6. The number of carbonyl (C=O) groups excluding carboxylic acids is 3. The summed E-state index contributed by atoms with van der Waals surface area (Å²) in [5.74, 6) is -0.923. The lowest BCUT2D eigenvalue weighted by Crippen LogP contribution is -2.56. The van der Waals surface area contributed by atoms with Gasteiger partial charge < -0.3 is 29.2 Å². The smallest absolute Gasteiger partial charge is 0.255 e. The summed E-state index contributed by atoms with van der Waals surface area (Å²) in [4.78, 5) is 50.6. The van der Waals surface area contributed by atoms with E-state index < -0.39 is 23.8 Å². The molecule has 1 aromatic heterocycles. The van der Waals surface area contributed by atoms with Crippen LogP contribution in [0.2, 0.25) is 0 Å². The SMILES string of the molecule is CC(C)C[C@@H](NC(=O)c1cccc(F)c1OCc1ncc(C(C)(C)C)o1)C(=O)N1CCC[C@@H]1C(=O)N1CCN(C)CC1. The van der Waals surface area contributed by atoms with Crippen molar-refractivity contribution in [2.24, 2.45) is 5.92 Å². The summed E-state index contributed by atoms with van der Waals surface area (Å²) >= 11 is 0. The van der Waals surface area contributed by atoms with E-state index in [0.29, 0.717) is 38.2 Å². The van der Waals surface area contributed by atoms with Crippen molar-refractivity contribution in [3.63, 3.8) is 0 Å². The predicted octanol–water partition coefficient (Wildman–Crippen LogP) is 3.60. The molecule has 2 saturated heterocycles. The van der Waals surface area contributed by atoms with E-state index in [9.17, 15) is 18.8 Å². The number of hydrogen-bond donors (Lipinski definition) is 1. The minimum Gasteiger partial charge on any atom is -0.480 e. The van der Waals surface area contributed by atoms with Gasteiger partial charge in [-0.05, 0) is 44.4 Å². The normalized spacial score (nSPS) is 18.8. The van der Waals surface area contributed by atoms with E-state index in [4.69, 9.17) is 9.15 Å². The van der Waals surface area contributed by atoms with Crippen molar-refractivity contribution < 1.29 is 27.9 Å². The molecule has 2 aliphatic rings. The summed E-state index contributed by atoms with van der Waals surface area (Å²) in [5.41, 5.74) is -0.291. The highest BCUT2D eigenvalue weighted by atomic mass is 19.1. The number of benzene rings is 1. The number of nitrogens with zero attached hydrogens (tertiary/aromatic N) is 4. The van der Waals surface area contributed by atoms with Crippen LogP contribution < -0.4 is 10.1 Å². The van der Waals surface area contributed by atoms with E-state index in [2.05, 4.69) is 15.2 Å². The molecular weight excluding hydrogens is 541 g/mol. The standard InChI is InChI=1S/C31H44FN5O5/c1-20(2)17-23(29(39)37-12-8-11-24(37)30(40)36-15-13-35(6)14-16-36)34-28(38)21-9-7-10-22(32)27(21)41-19-26-33-18-25(42-26)31(3,4)5/h7,9-10,18,20,23-24H,8,11-17,19H2,1-6H3,(H,34,38)/t23-,24-/m1/s1. The molecule has 4 rings (SSSR count). The zero-order chi connectivity index (χ0) is 30.6. The maximum absolute atomic E-state index is 14.9. The molecule has 0 aliphatic carbocycles. The summed E-state index contributed by atoms with van der Waals surface area (Å²) in [5, 5.41) is 2.83. The molecule has 2 aliphatic heterocycles. The number of likely N-dealkylation sites (tertiary alicyclic amines) is 1. The summed E-state index contributed by atoms with van der Waals surface area (Å²) in [6.07, 6.45) is 3.29. The van der Waals surface area contributed by atoms with Crippen LogP contribution in [-0.2, 0) is 21.6 Å². The van der Waals surface area contributed by atoms with Crippen LogP contribution in [0, 0.1) is 11.7 Å². The monoisotopic (exact) mass is 585 g/mol. The number of ether oxygens (including phenoxy) is 1. The second kappa shape index (κ2) is 13.2. The molecule has 0 unspecified atom stereocenters. The predicted molar refractivity (Wildman–Crippen MR) is 155 cm³/mol. The minimum atomic E-state index is -0.879. The van der Waals surface area contributed by atoms with E-state index in [1.54, 1.807) is 11.1 Å². The Morgan fingerprint density at radius 3 is 2.50 bits per heavy atom. The van der Waals surface area contributed by atoms with Gasteiger partial charge in [-0.3, -0.25) is 14.4 Å². The van der Waals surface area contributed by atoms with Gasteiger partial charge in [0.15, 0.2) is 18.2 Å². The maximum atomic E-state index is 14.9. The third kappa shape index (κ3) is 7.48. The molecule has 2 fully saturated rings. The Morgan fingerprint density at radius 2 is 1.86 bits per heavy atom.